The lowest BCUT2D eigenvalue weighted by molar-refractivity contribution is -0.302. The molecule has 0 radical (unpaired) electrons. The highest BCUT2D eigenvalue weighted by Crippen LogP contribution is 2.24. The van der Waals surface area contributed by atoms with E-state index in [-0.39, 0.29) is 12.5 Å². The summed E-state index contributed by atoms with van der Waals surface area (Å²) in [5, 5.41) is 54.8. The number of carbonyl (C=O) groups is 1. The van der Waals surface area contributed by atoms with E-state index in [4.69, 9.17) is 9.47 Å². The Morgan fingerprint density at radius 1 is 0.379 bits per heavy atom. The number of aliphatic hydroxyl groups is 5. The van der Waals surface area contributed by atoms with Crippen LogP contribution in [0.1, 0.15) is 412 Å². The van der Waals surface area contributed by atoms with E-state index in [9.17, 15) is 30.3 Å². The van der Waals surface area contributed by atoms with E-state index < -0.39 is 49.5 Å². The molecule has 0 bridgehead atoms. The molecule has 0 aliphatic carbocycles. The molecule has 0 aromatic rings. The van der Waals surface area contributed by atoms with Crippen molar-refractivity contribution in [3.8, 4) is 0 Å². The third kappa shape index (κ3) is 56.0. The van der Waals surface area contributed by atoms with Gasteiger partial charge in [0.2, 0.25) is 5.91 Å². The predicted molar refractivity (Wildman–Crippen MR) is 374 cm³/mol. The standard InChI is InChI=1S/C78H151NO8/c1-3-5-7-9-11-13-15-17-19-21-23-25-27-29-31-32-33-34-35-36-37-38-39-40-41-42-44-46-48-50-52-54-56-58-60-62-64-66-68-74(82)79-71(70-86-78-77(85)76(84)75(83)73(69-80)87-78)72(81)67-65-63-61-59-57-55-53-51-49-47-45-43-30-28-26-24-22-20-18-16-14-12-10-8-6-4-2/h57,59,65,67,71-73,75-78,80-81,83-85H,3-56,58,60-64,66,68-70H2,1-2H3,(H,79,82)/b59-57+,67-65+. The molecule has 6 N–H and O–H groups in total. The molecular formula is C78H151NO8. The molecular weight excluding hydrogens is 1080 g/mol. The smallest absolute Gasteiger partial charge is 0.220 e. The molecule has 516 valence electrons. The van der Waals surface area contributed by atoms with Crippen LogP contribution in [-0.4, -0.2) is 87.5 Å². The molecule has 0 aromatic heterocycles. The number of unbranched alkanes of at least 4 members (excludes halogenated alkanes) is 58. The molecule has 0 aromatic carbocycles. The highest BCUT2D eigenvalue weighted by atomic mass is 16.7. The van der Waals surface area contributed by atoms with Crippen LogP contribution in [0.5, 0.6) is 0 Å². The van der Waals surface area contributed by atoms with E-state index in [0.717, 1.165) is 38.5 Å². The van der Waals surface area contributed by atoms with Gasteiger partial charge < -0.3 is 40.3 Å². The highest BCUT2D eigenvalue weighted by molar-refractivity contribution is 5.76. The maximum absolute atomic E-state index is 13.2. The van der Waals surface area contributed by atoms with Gasteiger partial charge in [0.15, 0.2) is 6.29 Å². The van der Waals surface area contributed by atoms with Crippen LogP contribution in [0.3, 0.4) is 0 Å². The van der Waals surface area contributed by atoms with Crippen LogP contribution in [0.4, 0.5) is 0 Å². The zero-order valence-corrected chi connectivity index (χ0v) is 58.1. The fraction of sp³-hybridized carbons (Fsp3) is 0.936. The molecule has 1 heterocycles. The summed E-state index contributed by atoms with van der Waals surface area (Å²) in [6, 6.07) is -0.821. The highest BCUT2D eigenvalue weighted by Gasteiger charge is 2.44. The van der Waals surface area contributed by atoms with Gasteiger partial charge >= 0.3 is 0 Å². The van der Waals surface area contributed by atoms with Gasteiger partial charge in [-0.1, -0.05) is 398 Å². The van der Waals surface area contributed by atoms with Crippen LogP contribution in [0.2, 0.25) is 0 Å². The maximum atomic E-state index is 13.2. The van der Waals surface area contributed by atoms with Crippen LogP contribution in [-0.2, 0) is 14.3 Å². The average molecular weight is 1230 g/mol. The lowest BCUT2D eigenvalue weighted by atomic mass is 9.99. The first-order valence-corrected chi connectivity index (χ1v) is 39.1. The number of nitrogens with one attached hydrogen (secondary N) is 1. The fourth-order valence-electron chi connectivity index (χ4n) is 12.9. The molecule has 1 amide bonds. The molecule has 1 fully saturated rings. The number of hydrogen-bond acceptors (Lipinski definition) is 8. The Hall–Kier alpha value is -1.33. The normalized spacial score (nSPS) is 18.0. The minimum atomic E-state index is -1.57. The Kier molecular flexibility index (Phi) is 65.0. The summed E-state index contributed by atoms with van der Waals surface area (Å²) in [4.78, 5) is 13.2. The number of hydrogen-bond donors (Lipinski definition) is 6. The van der Waals surface area contributed by atoms with Crippen molar-refractivity contribution in [1.82, 2.24) is 5.32 Å². The van der Waals surface area contributed by atoms with E-state index in [1.807, 2.05) is 6.08 Å². The van der Waals surface area contributed by atoms with Crippen molar-refractivity contribution in [3.63, 3.8) is 0 Å². The number of rotatable bonds is 70. The lowest BCUT2D eigenvalue weighted by Crippen LogP contribution is -2.60. The summed E-state index contributed by atoms with van der Waals surface area (Å²) in [5.74, 6) is -0.177. The van der Waals surface area contributed by atoms with Gasteiger partial charge in [-0.2, -0.15) is 0 Å². The maximum Gasteiger partial charge on any atom is 0.220 e. The van der Waals surface area contributed by atoms with Crippen molar-refractivity contribution < 1.29 is 39.8 Å². The van der Waals surface area contributed by atoms with Crippen LogP contribution in [0.15, 0.2) is 24.3 Å². The summed E-state index contributed by atoms with van der Waals surface area (Å²) in [6.45, 7) is 3.83. The molecule has 9 heteroatoms. The number of carbonyl (C=O) groups excluding carboxylic acids is 1. The van der Waals surface area contributed by atoms with Gasteiger partial charge in [-0.15, -0.1) is 0 Å². The van der Waals surface area contributed by atoms with E-state index >= 15 is 0 Å². The first-order chi connectivity index (χ1) is 42.8. The summed E-state index contributed by atoms with van der Waals surface area (Å²) in [5.41, 5.74) is 0. The van der Waals surface area contributed by atoms with Crippen LogP contribution in [0, 0.1) is 0 Å². The number of aliphatic hydroxyl groups excluding tert-OH is 5. The fourth-order valence-corrected chi connectivity index (χ4v) is 12.9. The van der Waals surface area contributed by atoms with Gasteiger partial charge in [0.05, 0.1) is 25.4 Å². The molecule has 1 aliphatic heterocycles. The van der Waals surface area contributed by atoms with E-state index in [2.05, 4.69) is 31.3 Å². The van der Waals surface area contributed by atoms with Gasteiger partial charge in [0, 0.05) is 6.42 Å². The zero-order valence-electron chi connectivity index (χ0n) is 58.1. The quantitative estimate of drug-likeness (QED) is 0.0261. The largest absolute Gasteiger partial charge is 0.394 e. The van der Waals surface area contributed by atoms with Crippen LogP contribution >= 0.6 is 0 Å². The Morgan fingerprint density at radius 2 is 0.655 bits per heavy atom. The van der Waals surface area contributed by atoms with Crippen molar-refractivity contribution in [1.29, 1.82) is 0 Å². The van der Waals surface area contributed by atoms with Gasteiger partial charge in [-0.25, -0.2) is 0 Å². The number of ether oxygens (including phenoxy) is 2. The third-order valence-corrected chi connectivity index (χ3v) is 19.0. The molecule has 7 atom stereocenters. The summed E-state index contributed by atoms with van der Waals surface area (Å²) in [7, 11) is 0. The van der Waals surface area contributed by atoms with Crippen molar-refractivity contribution in [3.05, 3.63) is 24.3 Å². The number of amides is 1. The Labute approximate surface area is 540 Å². The predicted octanol–water partition coefficient (Wildman–Crippen LogP) is 22.0. The molecule has 1 rings (SSSR count). The monoisotopic (exact) mass is 1230 g/mol. The van der Waals surface area contributed by atoms with Crippen LogP contribution in [0.25, 0.3) is 0 Å². The molecule has 87 heavy (non-hydrogen) atoms. The summed E-state index contributed by atoms with van der Waals surface area (Å²) < 4.78 is 11.3. The summed E-state index contributed by atoms with van der Waals surface area (Å²) in [6.07, 6.45) is 83.4. The van der Waals surface area contributed by atoms with Crippen molar-refractivity contribution >= 4 is 5.91 Å². The number of allylic oxidation sites excluding steroid dienone is 3. The van der Waals surface area contributed by atoms with Crippen LogP contribution < -0.4 is 5.32 Å². The second-order valence-corrected chi connectivity index (χ2v) is 27.5. The SMILES string of the molecule is CCCCCCCCCCCCCCCCCCCCCC/C=C/CC/C=C/C(O)C(COC1OC(CO)C(O)C(O)C1O)NC(=O)CCCCCCCCCCCCCCCCCCCCCCCCCCCCCCCCCCCCCCCC. The molecule has 0 spiro atoms. The molecule has 1 aliphatic rings. The van der Waals surface area contributed by atoms with E-state index in [0.29, 0.717) is 6.42 Å². The van der Waals surface area contributed by atoms with E-state index in [1.54, 1.807) is 6.08 Å². The van der Waals surface area contributed by atoms with Gasteiger partial charge in [0.1, 0.15) is 24.4 Å². The second-order valence-electron chi connectivity index (χ2n) is 27.5. The second kappa shape index (κ2) is 67.6. The first kappa shape index (κ1) is 83.7. The van der Waals surface area contributed by atoms with Crippen molar-refractivity contribution in [2.24, 2.45) is 0 Å². The van der Waals surface area contributed by atoms with E-state index in [1.165, 1.54) is 353 Å². The zero-order chi connectivity index (χ0) is 62.8. The molecule has 7 unspecified atom stereocenters. The Morgan fingerprint density at radius 3 is 0.966 bits per heavy atom. The minimum absolute atomic E-state index is 0.177. The average Bonchev–Trinajstić information content (AvgIpc) is 3.47. The third-order valence-electron chi connectivity index (χ3n) is 19.0. The lowest BCUT2D eigenvalue weighted by Gasteiger charge is -2.40. The van der Waals surface area contributed by atoms with Gasteiger partial charge in [-0.3, -0.25) is 4.79 Å². The van der Waals surface area contributed by atoms with Gasteiger partial charge in [-0.05, 0) is 32.1 Å². The molecule has 9 nitrogen and oxygen atoms in total. The Bertz CT molecular complexity index is 1430. The van der Waals surface area contributed by atoms with Crippen molar-refractivity contribution in [2.45, 2.75) is 455 Å². The Balaban J connectivity index is 2.06. The first-order valence-electron chi connectivity index (χ1n) is 39.1. The topological polar surface area (TPSA) is 149 Å². The summed E-state index contributed by atoms with van der Waals surface area (Å²) >= 11 is 0. The molecule has 1 saturated heterocycles. The van der Waals surface area contributed by atoms with Gasteiger partial charge in [0.25, 0.3) is 0 Å². The minimum Gasteiger partial charge on any atom is -0.394 e. The van der Waals surface area contributed by atoms with Crippen molar-refractivity contribution in [2.75, 3.05) is 13.2 Å². The molecule has 0 saturated carbocycles.